The maximum atomic E-state index is 10.5. The molecule has 0 N–H and O–H groups in total. The van der Waals surface area contributed by atoms with Crippen LogP contribution in [0.1, 0.15) is 6.92 Å². The predicted octanol–water partition coefficient (Wildman–Crippen LogP) is -2.01. The van der Waals surface area contributed by atoms with Gasteiger partial charge in [-0.3, -0.25) is 0 Å². The van der Waals surface area contributed by atoms with Crippen LogP contribution in [0.5, 0.6) is 5.75 Å². The van der Waals surface area contributed by atoms with E-state index in [-0.39, 0.29) is 56.3 Å². The minimum atomic E-state index is -4.34. The molecule has 1 aromatic rings. The standard InChI is InChI=1S/C8H10O4S.K/c1-2-12-7-3-5-8(6-4-7)13(9,10)11;/h3-6H,2H2,1H3,(H,9,10,11);/q;+1/p-1. The average molecular weight is 240 g/mol. The van der Waals surface area contributed by atoms with Gasteiger partial charge in [0.1, 0.15) is 15.9 Å². The van der Waals surface area contributed by atoms with E-state index in [4.69, 9.17) is 4.74 Å². The molecule has 4 nitrogen and oxygen atoms in total. The Morgan fingerprint density at radius 1 is 1.29 bits per heavy atom. The SMILES string of the molecule is CCOc1ccc(S(=O)(=O)[O-])cc1.[K+]. The minimum absolute atomic E-state index is 0. The molecule has 1 rings (SSSR count). The maximum Gasteiger partial charge on any atom is 1.00 e. The summed E-state index contributed by atoms with van der Waals surface area (Å²) in [5.74, 6) is 0.551. The Labute approximate surface area is 126 Å². The predicted molar refractivity (Wildman–Crippen MR) is 45.6 cm³/mol. The molecule has 72 valence electrons. The number of ether oxygens (including phenoxy) is 1. The largest absolute Gasteiger partial charge is 1.00 e. The fourth-order valence-corrected chi connectivity index (χ4v) is 1.34. The van der Waals surface area contributed by atoms with Crippen molar-refractivity contribution in [3.63, 3.8) is 0 Å². The Hall–Kier alpha value is 0.566. The van der Waals surface area contributed by atoms with Crippen LogP contribution in [-0.2, 0) is 10.1 Å². The summed E-state index contributed by atoms with van der Waals surface area (Å²) in [5, 5.41) is 0. The van der Waals surface area contributed by atoms with Gasteiger partial charge in [-0.25, -0.2) is 8.42 Å². The van der Waals surface area contributed by atoms with E-state index in [1.165, 1.54) is 24.3 Å². The van der Waals surface area contributed by atoms with Gasteiger partial charge in [-0.1, -0.05) is 0 Å². The Balaban J connectivity index is 0.00000169. The summed E-state index contributed by atoms with van der Waals surface area (Å²) in [7, 11) is -4.34. The number of rotatable bonds is 3. The molecule has 0 unspecified atom stereocenters. The number of hydrogen-bond donors (Lipinski definition) is 0. The molecule has 0 atom stereocenters. The number of benzene rings is 1. The molecule has 0 saturated carbocycles. The molecule has 0 aliphatic heterocycles. The molecule has 0 aliphatic carbocycles. The van der Waals surface area contributed by atoms with Crippen LogP contribution in [0.2, 0.25) is 0 Å². The third kappa shape index (κ3) is 4.39. The zero-order chi connectivity index (χ0) is 9.90. The molecule has 0 aromatic heterocycles. The van der Waals surface area contributed by atoms with Crippen LogP contribution in [0.25, 0.3) is 0 Å². The fourth-order valence-electron chi connectivity index (χ4n) is 0.869. The van der Waals surface area contributed by atoms with Crippen LogP contribution >= 0.6 is 0 Å². The summed E-state index contributed by atoms with van der Waals surface area (Å²) in [6.45, 7) is 2.32. The Morgan fingerprint density at radius 2 is 1.79 bits per heavy atom. The van der Waals surface area contributed by atoms with Gasteiger partial charge in [0, 0.05) is 0 Å². The molecule has 0 spiro atoms. The second kappa shape index (κ2) is 6.21. The maximum absolute atomic E-state index is 10.5. The second-order valence-electron chi connectivity index (χ2n) is 2.36. The van der Waals surface area contributed by atoms with E-state index >= 15 is 0 Å². The van der Waals surface area contributed by atoms with Crippen molar-refractivity contribution in [3.8, 4) is 5.75 Å². The van der Waals surface area contributed by atoms with Crippen LogP contribution in [-0.4, -0.2) is 19.6 Å². The molecular weight excluding hydrogens is 231 g/mol. The van der Waals surface area contributed by atoms with E-state index in [2.05, 4.69) is 0 Å². The van der Waals surface area contributed by atoms with E-state index in [0.717, 1.165) is 0 Å². The van der Waals surface area contributed by atoms with Crippen molar-refractivity contribution in [1.82, 2.24) is 0 Å². The molecule has 0 saturated heterocycles. The van der Waals surface area contributed by atoms with Gasteiger partial charge in [0.15, 0.2) is 0 Å². The molecule has 14 heavy (non-hydrogen) atoms. The average Bonchev–Trinajstić information content (AvgIpc) is 2.04. The summed E-state index contributed by atoms with van der Waals surface area (Å²) < 4.78 is 36.6. The summed E-state index contributed by atoms with van der Waals surface area (Å²) in [6.07, 6.45) is 0. The van der Waals surface area contributed by atoms with Gasteiger partial charge >= 0.3 is 51.4 Å². The summed E-state index contributed by atoms with van der Waals surface area (Å²) in [6, 6.07) is 5.36. The van der Waals surface area contributed by atoms with Crippen LogP contribution in [0.4, 0.5) is 0 Å². The van der Waals surface area contributed by atoms with Gasteiger partial charge < -0.3 is 9.29 Å². The van der Waals surface area contributed by atoms with Gasteiger partial charge in [0.2, 0.25) is 0 Å². The van der Waals surface area contributed by atoms with Crippen molar-refractivity contribution in [2.75, 3.05) is 6.61 Å². The van der Waals surface area contributed by atoms with Gasteiger partial charge in [-0.05, 0) is 31.2 Å². The summed E-state index contributed by atoms with van der Waals surface area (Å²) >= 11 is 0. The molecule has 6 heteroatoms. The molecule has 1 aromatic carbocycles. The molecule has 0 radical (unpaired) electrons. The third-order valence-corrected chi connectivity index (χ3v) is 2.27. The van der Waals surface area contributed by atoms with Crippen molar-refractivity contribution in [2.45, 2.75) is 11.8 Å². The molecule has 0 heterocycles. The summed E-state index contributed by atoms with van der Waals surface area (Å²) in [5.41, 5.74) is 0. The summed E-state index contributed by atoms with van der Waals surface area (Å²) in [4.78, 5) is -0.240. The Bertz CT molecular complexity index is 371. The topological polar surface area (TPSA) is 66.4 Å². The molecular formula is C8H9KO4S. The van der Waals surface area contributed by atoms with Gasteiger partial charge in [-0.2, -0.15) is 0 Å². The van der Waals surface area contributed by atoms with Gasteiger partial charge in [-0.15, -0.1) is 0 Å². The normalized spacial score (nSPS) is 10.4. The minimum Gasteiger partial charge on any atom is -0.744 e. The molecule has 0 aliphatic rings. The van der Waals surface area contributed by atoms with Crippen LogP contribution in [0, 0.1) is 0 Å². The van der Waals surface area contributed by atoms with Crippen LogP contribution in [0.3, 0.4) is 0 Å². The first-order chi connectivity index (χ1) is 6.04. The van der Waals surface area contributed by atoms with E-state index < -0.39 is 10.1 Å². The van der Waals surface area contributed by atoms with Crippen molar-refractivity contribution >= 4 is 10.1 Å². The molecule has 0 amide bonds. The fraction of sp³-hybridized carbons (Fsp3) is 0.250. The molecule has 0 fully saturated rings. The van der Waals surface area contributed by atoms with Crippen molar-refractivity contribution in [2.24, 2.45) is 0 Å². The smallest absolute Gasteiger partial charge is 0.744 e. The number of hydrogen-bond acceptors (Lipinski definition) is 4. The zero-order valence-electron chi connectivity index (χ0n) is 8.06. The van der Waals surface area contributed by atoms with E-state index in [9.17, 15) is 13.0 Å². The Kier molecular flexibility index (Phi) is 6.47. The first kappa shape index (κ1) is 14.6. The first-order valence-electron chi connectivity index (χ1n) is 3.73. The second-order valence-corrected chi connectivity index (χ2v) is 3.74. The monoisotopic (exact) mass is 240 g/mol. The zero-order valence-corrected chi connectivity index (χ0v) is 12.0. The van der Waals surface area contributed by atoms with Crippen LogP contribution < -0.4 is 56.1 Å². The van der Waals surface area contributed by atoms with E-state index in [1.54, 1.807) is 0 Å². The van der Waals surface area contributed by atoms with Crippen molar-refractivity contribution in [1.29, 1.82) is 0 Å². The van der Waals surface area contributed by atoms with E-state index in [1.807, 2.05) is 6.92 Å². The van der Waals surface area contributed by atoms with Crippen LogP contribution in [0.15, 0.2) is 29.2 Å². The van der Waals surface area contributed by atoms with E-state index in [0.29, 0.717) is 12.4 Å². The Morgan fingerprint density at radius 3 is 2.14 bits per heavy atom. The van der Waals surface area contributed by atoms with Crippen molar-refractivity contribution in [3.05, 3.63) is 24.3 Å². The van der Waals surface area contributed by atoms with Crippen molar-refractivity contribution < 1.29 is 69.1 Å². The first-order valence-corrected chi connectivity index (χ1v) is 5.13. The quantitative estimate of drug-likeness (QED) is 0.452. The van der Waals surface area contributed by atoms with Gasteiger partial charge in [0.25, 0.3) is 0 Å². The molecule has 0 bridgehead atoms. The third-order valence-electron chi connectivity index (χ3n) is 1.42. The van der Waals surface area contributed by atoms with Gasteiger partial charge in [0.05, 0.1) is 11.5 Å².